The molecule has 0 atom stereocenters. The molecule has 0 saturated heterocycles. The Morgan fingerprint density at radius 1 is 1.05 bits per heavy atom. The molecular weight excluding hydrogens is 266 g/mol. The molecule has 2 aromatic rings. The number of carbonyl (C=O) groups is 1. The van der Waals surface area contributed by atoms with Crippen molar-refractivity contribution in [1.82, 2.24) is 5.06 Å². The Kier molecular flexibility index (Phi) is 5.12. The maximum Gasteiger partial charge on any atom is 0.434 e. The van der Waals surface area contributed by atoms with Crippen LogP contribution >= 0.6 is 0 Å². The lowest BCUT2D eigenvalue weighted by molar-refractivity contribution is -0.0656. The van der Waals surface area contributed by atoms with E-state index in [-0.39, 0.29) is 13.2 Å². The molecule has 2 aromatic carbocycles. The minimum absolute atomic E-state index is 0.00234. The van der Waals surface area contributed by atoms with Crippen LogP contribution in [0.25, 0.3) is 5.57 Å². The van der Waals surface area contributed by atoms with Gasteiger partial charge < -0.3 is 4.74 Å². The Balaban J connectivity index is 1.84. The number of hydrogen-bond donors (Lipinski definition) is 1. The first-order valence-electron chi connectivity index (χ1n) is 6.57. The zero-order chi connectivity index (χ0) is 15.1. The molecule has 1 N–H and O–H groups in total. The molecule has 0 saturated carbocycles. The van der Waals surface area contributed by atoms with Gasteiger partial charge in [-0.1, -0.05) is 67.2 Å². The van der Waals surface area contributed by atoms with Gasteiger partial charge in [-0.2, -0.15) is 5.06 Å². The summed E-state index contributed by atoms with van der Waals surface area (Å²) in [6, 6.07) is 18.7. The first kappa shape index (κ1) is 14.8. The lowest BCUT2D eigenvalue weighted by atomic mass is 10.1. The van der Waals surface area contributed by atoms with Crippen LogP contribution in [-0.4, -0.2) is 22.9 Å². The van der Waals surface area contributed by atoms with Crippen LogP contribution in [0.15, 0.2) is 67.2 Å². The van der Waals surface area contributed by atoms with Crippen molar-refractivity contribution in [3.8, 4) is 0 Å². The maximum atomic E-state index is 11.7. The Labute approximate surface area is 123 Å². The van der Waals surface area contributed by atoms with Crippen LogP contribution < -0.4 is 0 Å². The fraction of sp³-hybridized carbons (Fsp3) is 0.118. The number of hydrogen-bond acceptors (Lipinski definition) is 3. The summed E-state index contributed by atoms with van der Waals surface area (Å²) in [5.41, 5.74) is 2.36. The van der Waals surface area contributed by atoms with Gasteiger partial charge in [0, 0.05) is 0 Å². The van der Waals surface area contributed by atoms with Crippen molar-refractivity contribution >= 4 is 11.7 Å². The highest BCUT2D eigenvalue weighted by Crippen LogP contribution is 2.13. The van der Waals surface area contributed by atoms with Crippen LogP contribution in [-0.2, 0) is 11.3 Å². The summed E-state index contributed by atoms with van der Waals surface area (Å²) in [6.45, 7) is 3.97. The molecule has 0 spiro atoms. The molecule has 1 amide bonds. The first-order chi connectivity index (χ1) is 10.2. The maximum absolute atomic E-state index is 11.7. The summed E-state index contributed by atoms with van der Waals surface area (Å²) in [7, 11) is 0. The summed E-state index contributed by atoms with van der Waals surface area (Å²) < 4.78 is 5.02. The molecule has 21 heavy (non-hydrogen) atoms. The van der Waals surface area contributed by atoms with E-state index in [0.29, 0.717) is 10.6 Å². The molecule has 0 fully saturated rings. The Morgan fingerprint density at radius 3 is 2.24 bits per heavy atom. The highest BCUT2D eigenvalue weighted by atomic mass is 16.6. The quantitative estimate of drug-likeness (QED) is 0.672. The summed E-state index contributed by atoms with van der Waals surface area (Å²) in [4.78, 5) is 11.7. The van der Waals surface area contributed by atoms with Crippen LogP contribution in [0, 0.1) is 0 Å². The minimum atomic E-state index is -0.795. The van der Waals surface area contributed by atoms with Gasteiger partial charge in [0.05, 0.1) is 6.54 Å². The monoisotopic (exact) mass is 283 g/mol. The van der Waals surface area contributed by atoms with Gasteiger partial charge in [0.15, 0.2) is 0 Å². The average Bonchev–Trinajstić information content (AvgIpc) is 2.54. The number of carbonyl (C=O) groups excluding carboxylic acids is 1. The number of amides is 1. The highest BCUT2D eigenvalue weighted by molar-refractivity contribution is 5.71. The van der Waals surface area contributed by atoms with Crippen molar-refractivity contribution in [3.63, 3.8) is 0 Å². The largest absolute Gasteiger partial charge is 0.443 e. The van der Waals surface area contributed by atoms with Gasteiger partial charge >= 0.3 is 6.09 Å². The van der Waals surface area contributed by atoms with E-state index in [1.54, 1.807) is 0 Å². The standard InChI is InChI=1S/C17H17NO3/c1-14(16-10-6-3-7-11-16)12-18(20)17(19)21-13-15-8-4-2-5-9-15/h2-11,20H,1,12-13H2. The van der Waals surface area contributed by atoms with Gasteiger partial charge in [-0.3, -0.25) is 5.21 Å². The summed E-state index contributed by atoms with van der Waals surface area (Å²) in [5.74, 6) is 0. The van der Waals surface area contributed by atoms with Gasteiger partial charge in [-0.15, -0.1) is 0 Å². The third-order valence-electron chi connectivity index (χ3n) is 2.94. The molecule has 0 radical (unpaired) electrons. The fourth-order valence-electron chi connectivity index (χ4n) is 1.80. The molecule has 2 rings (SSSR count). The molecule has 0 aliphatic rings. The summed E-state index contributed by atoms with van der Waals surface area (Å²) in [5, 5.41) is 10.3. The van der Waals surface area contributed by atoms with Crippen LogP contribution in [0.5, 0.6) is 0 Å². The molecule has 0 aromatic heterocycles. The van der Waals surface area contributed by atoms with Crippen LogP contribution in [0.4, 0.5) is 4.79 Å². The number of benzene rings is 2. The lowest BCUT2D eigenvalue weighted by Gasteiger charge is -2.16. The molecule has 0 bridgehead atoms. The van der Waals surface area contributed by atoms with Crippen molar-refractivity contribution in [2.75, 3.05) is 6.54 Å². The van der Waals surface area contributed by atoms with Crippen LogP contribution in [0.3, 0.4) is 0 Å². The predicted molar refractivity (Wildman–Crippen MR) is 80.6 cm³/mol. The van der Waals surface area contributed by atoms with E-state index in [1.807, 2.05) is 60.7 Å². The average molecular weight is 283 g/mol. The molecule has 0 heterocycles. The van der Waals surface area contributed by atoms with Crippen molar-refractivity contribution < 1.29 is 14.7 Å². The number of ether oxygens (including phenoxy) is 1. The lowest BCUT2D eigenvalue weighted by Crippen LogP contribution is -2.29. The van der Waals surface area contributed by atoms with E-state index >= 15 is 0 Å². The Hall–Kier alpha value is -2.59. The van der Waals surface area contributed by atoms with Crippen molar-refractivity contribution in [3.05, 3.63) is 78.4 Å². The molecule has 4 heteroatoms. The third-order valence-corrected chi connectivity index (χ3v) is 2.94. The van der Waals surface area contributed by atoms with E-state index in [9.17, 15) is 10.0 Å². The summed E-state index contributed by atoms with van der Waals surface area (Å²) in [6.07, 6.45) is -0.795. The second-order valence-corrected chi connectivity index (χ2v) is 4.57. The SMILES string of the molecule is C=C(CN(O)C(=O)OCc1ccccc1)c1ccccc1. The van der Waals surface area contributed by atoms with Gasteiger partial charge in [-0.05, 0) is 16.7 Å². The van der Waals surface area contributed by atoms with Gasteiger partial charge in [0.2, 0.25) is 0 Å². The van der Waals surface area contributed by atoms with Gasteiger partial charge in [0.25, 0.3) is 0 Å². The number of nitrogens with zero attached hydrogens (tertiary/aromatic N) is 1. The normalized spacial score (nSPS) is 9.95. The van der Waals surface area contributed by atoms with Crippen molar-refractivity contribution in [2.45, 2.75) is 6.61 Å². The van der Waals surface area contributed by atoms with Crippen LogP contribution in [0.2, 0.25) is 0 Å². The zero-order valence-electron chi connectivity index (χ0n) is 11.6. The Bertz CT molecular complexity index is 596. The molecule has 0 unspecified atom stereocenters. The fourth-order valence-corrected chi connectivity index (χ4v) is 1.80. The van der Waals surface area contributed by atoms with E-state index in [0.717, 1.165) is 11.1 Å². The van der Waals surface area contributed by atoms with Gasteiger partial charge in [0.1, 0.15) is 6.61 Å². The van der Waals surface area contributed by atoms with Crippen LogP contribution in [0.1, 0.15) is 11.1 Å². The molecule has 0 aliphatic carbocycles. The second kappa shape index (κ2) is 7.26. The second-order valence-electron chi connectivity index (χ2n) is 4.57. The molecular formula is C17H17NO3. The molecule has 4 nitrogen and oxygen atoms in total. The van der Waals surface area contributed by atoms with E-state index < -0.39 is 6.09 Å². The molecule has 108 valence electrons. The minimum Gasteiger partial charge on any atom is -0.443 e. The zero-order valence-corrected chi connectivity index (χ0v) is 11.6. The first-order valence-corrected chi connectivity index (χ1v) is 6.57. The smallest absolute Gasteiger partial charge is 0.434 e. The highest BCUT2D eigenvalue weighted by Gasteiger charge is 2.14. The predicted octanol–water partition coefficient (Wildman–Crippen LogP) is 3.73. The van der Waals surface area contributed by atoms with Crippen molar-refractivity contribution in [1.29, 1.82) is 0 Å². The Morgan fingerprint density at radius 2 is 1.62 bits per heavy atom. The van der Waals surface area contributed by atoms with E-state index in [4.69, 9.17) is 4.74 Å². The number of rotatable bonds is 5. The van der Waals surface area contributed by atoms with E-state index in [1.165, 1.54) is 0 Å². The topological polar surface area (TPSA) is 49.8 Å². The van der Waals surface area contributed by atoms with E-state index in [2.05, 4.69) is 6.58 Å². The third kappa shape index (κ3) is 4.47. The summed E-state index contributed by atoms with van der Waals surface area (Å²) >= 11 is 0. The van der Waals surface area contributed by atoms with Gasteiger partial charge in [-0.25, -0.2) is 4.79 Å². The van der Waals surface area contributed by atoms with Crippen molar-refractivity contribution in [2.24, 2.45) is 0 Å². The molecule has 0 aliphatic heterocycles. The number of hydroxylamine groups is 2.